The fraction of sp³-hybridized carbons (Fsp3) is 0.704. The molecule has 1 aliphatic carbocycles. The van der Waals surface area contributed by atoms with Gasteiger partial charge in [0.05, 0.1) is 12.6 Å². The van der Waals surface area contributed by atoms with Gasteiger partial charge in [-0.1, -0.05) is 49.6 Å². The number of nitrogens with one attached hydrogen (secondary N) is 2. The van der Waals surface area contributed by atoms with Crippen molar-refractivity contribution in [2.24, 2.45) is 0 Å². The Balaban J connectivity index is 1.75. The molecule has 5 N–H and O–H groups in total. The molecular weight excluding hydrogens is 496 g/mol. The zero-order valence-electron chi connectivity index (χ0n) is 22.0. The first-order valence-corrected chi connectivity index (χ1v) is 14.1. The summed E-state index contributed by atoms with van der Waals surface area (Å²) in [7, 11) is 0. The summed E-state index contributed by atoms with van der Waals surface area (Å²) < 4.78 is 11.3. The van der Waals surface area contributed by atoms with E-state index in [2.05, 4.69) is 10.6 Å². The molecule has 1 aromatic rings. The molecule has 2 fully saturated rings. The van der Waals surface area contributed by atoms with Crippen molar-refractivity contribution >= 4 is 23.8 Å². The molecule has 1 aliphatic heterocycles. The first-order valence-electron chi connectivity index (χ1n) is 13.2. The number of carbonyl (C=O) groups is 2. The maximum atomic E-state index is 13.5. The van der Waals surface area contributed by atoms with Gasteiger partial charge in [0, 0.05) is 5.25 Å². The van der Waals surface area contributed by atoms with E-state index in [0.29, 0.717) is 18.1 Å². The van der Waals surface area contributed by atoms with Gasteiger partial charge in [-0.05, 0) is 52.0 Å². The normalized spacial score (nSPS) is 27.8. The molecule has 1 saturated carbocycles. The molecule has 0 unspecified atom stereocenters. The lowest BCUT2D eigenvalue weighted by Gasteiger charge is -2.44. The number of ether oxygens (including phenoxy) is 2. The Bertz CT molecular complexity index is 860. The van der Waals surface area contributed by atoms with Gasteiger partial charge in [0.15, 0.2) is 0 Å². The van der Waals surface area contributed by atoms with Gasteiger partial charge >= 0.3 is 6.09 Å². The summed E-state index contributed by atoms with van der Waals surface area (Å²) in [6.07, 6.45) is 1.90. The quantitative estimate of drug-likeness (QED) is 0.323. The van der Waals surface area contributed by atoms with Crippen molar-refractivity contribution in [1.82, 2.24) is 10.6 Å². The summed E-state index contributed by atoms with van der Waals surface area (Å²) in [6, 6.07) is 7.77. The minimum atomic E-state index is -1.36. The summed E-state index contributed by atoms with van der Waals surface area (Å²) >= 11 is 1.53. The predicted molar refractivity (Wildman–Crippen MR) is 142 cm³/mol. The Hall–Kier alpha value is -1.85. The summed E-state index contributed by atoms with van der Waals surface area (Å²) in [5.74, 6) is -0.502. The molecular formula is C27H42N2O7S. The predicted octanol–water partition coefficient (Wildman–Crippen LogP) is 2.50. The third-order valence-electron chi connectivity index (χ3n) is 6.64. The molecule has 2 amide bonds. The second-order valence-corrected chi connectivity index (χ2v) is 12.3. The van der Waals surface area contributed by atoms with E-state index >= 15 is 0 Å². The first-order chi connectivity index (χ1) is 17.6. The molecule has 0 aromatic heterocycles. The van der Waals surface area contributed by atoms with Crippen LogP contribution in [0.1, 0.15) is 64.9 Å². The minimum Gasteiger partial charge on any atom is -0.444 e. The standard InChI is InChI=1S/C27H42N2O7S/c1-27(2,3)36-26(34)28-19(15-14-17-10-6-4-7-11-17)24(33)29-21-23(32)22(31)20(16-30)35-25(21)37-18-12-8-5-9-13-18/h4,6-7,10-11,18-23,25,30-32H,5,8-9,12-16H2,1-3H3,(H,28,34)(H,29,33)/t19-,20+,21+,22+,23+,25+/m0/s1. The number of thioether (sulfide) groups is 1. The first kappa shape index (κ1) is 29.7. The van der Waals surface area contributed by atoms with Gasteiger partial charge in [0.2, 0.25) is 5.91 Å². The number of benzene rings is 1. The van der Waals surface area contributed by atoms with Gasteiger partial charge in [-0.15, -0.1) is 11.8 Å². The molecule has 208 valence electrons. The molecule has 3 rings (SSSR count). The Labute approximate surface area is 223 Å². The van der Waals surface area contributed by atoms with Crippen molar-refractivity contribution in [2.45, 2.75) is 112 Å². The van der Waals surface area contributed by atoms with Crippen molar-refractivity contribution in [3.05, 3.63) is 35.9 Å². The molecule has 6 atom stereocenters. The second-order valence-electron chi connectivity index (χ2n) is 10.9. The molecule has 1 aromatic carbocycles. The summed E-state index contributed by atoms with van der Waals surface area (Å²) in [5, 5.41) is 36.9. The number of hydrogen-bond donors (Lipinski definition) is 5. The molecule has 37 heavy (non-hydrogen) atoms. The lowest BCUT2D eigenvalue weighted by atomic mass is 9.97. The third kappa shape index (κ3) is 9.14. The van der Waals surface area contributed by atoms with Crippen LogP contribution in [0.15, 0.2) is 30.3 Å². The van der Waals surface area contributed by atoms with E-state index in [-0.39, 0.29) is 0 Å². The Kier molecular flexibility index (Phi) is 11.1. The highest BCUT2D eigenvalue weighted by atomic mass is 32.2. The maximum Gasteiger partial charge on any atom is 0.408 e. The Morgan fingerprint density at radius 3 is 2.41 bits per heavy atom. The van der Waals surface area contributed by atoms with Crippen LogP contribution in [0.5, 0.6) is 0 Å². The molecule has 10 heteroatoms. The zero-order chi connectivity index (χ0) is 27.0. The van der Waals surface area contributed by atoms with Crippen LogP contribution in [0.3, 0.4) is 0 Å². The number of hydrogen-bond acceptors (Lipinski definition) is 8. The van der Waals surface area contributed by atoms with Gasteiger partial charge in [0.25, 0.3) is 0 Å². The summed E-state index contributed by atoms with van der Waals surface area (Å²) in [5.41, 5.74) is -0.374. The minimum absolute atomic E-state index is 0.300. The number of aryl methyl sites for hydroxylation is 1. The number of amides is 2. The fourth-order valence-corrected chi connectivity index (χ4v) is 6.27. The number of alkyl carbamates (subject to hydrolysis) is 1. The van der Waals surface area contributed by atoms with Crippen molar-refractivity contribution in [2.75, 3.05) is 6.61 Å². The molecule has 0 spiro atoms. The van der Waals surface area contributed by atoms with E-state index in [0.717, 1.165) is 31.2 Å². The van der Waals surface area contributed by atoms with Gasteiger partial charge < -0.3 is 35.4 Å². The highest BCUT2D eigenvalue weighted by molar-refractivity contribution is 8.00. The van der Waals surface area contributed by atoms with Crippen LogP contribution < -0.4 is 10.6 Å². The Morgan fingerprint density at radius 1 is 1.11 bits per heavy atom. The van der Waals surface area contributed by atoms with Crippen molar-refractivity contribution < 1.29 is 34.4 Å². The van der Waals surface area contributed by atoms with E-state index in [1.54, 1.807) is 20.8 Å². The van der Waals surface area contributed by atoms with Crippen LogP contribution >= 0.6 is 11.8 Å². The van der Waals surface area contributed by atoms with Crippen LogP contribution in [0.4, 0.5) is 4.79 Å². The van der Waals surface area contributed by atoms with Gasteiger partial charge in [-0.2, -0.15) is 0 Å². The Morgan fingerprint density at radius 2 is 1.78 bits per heavy atom. The third-order valence-corrected chi connectivity index (χ3v) is 8.17. The molecule has 0 radical (unpaired) electrons. The maximum absolute atomic E-state index is 13.5. The molecule has 1 heterocycles. The largest absolute Gasteiger partial charge is 0.444 e. The van der Waals surface area contributed by atoms with E-state index < -0.39 is 60.0 Å². The van der Waals surface area contributed by atoms with Crippen molar-refractivity contribution in [3.8, 4) is 0 Å². The van der Waals surface area contributed by atoms with Crippen LogP contribution in [0.2, 0.25) is 0 Å². The zero-order valence-corrected chi connectivity index (χ0v) is 22.8. The monoisotopic (exact) mass is 538 g/mol. The number of aliphatic hydroxyl groups is 3. The summed E-state index contributed by atoms with van der Waals surface area (Å²) in [6.45, 7) is 4.79. The molecule has 0 bridgehead atoms. The van der Waals surface area contributed by atoms with Crippen LogP contribution in [0, 0.1) is 0 Å². The number of rotatable bonds is 9. The molecule has 9 nitrogen and oxygen atoms in total. The molecule has 2 aliphatic rings. The van der Waals surface area contributed by atoms with E-state index in [1.807, 2.05) is 30.3 Å². The average Bonchev–Trinajstić information content (AvgIpc) is 2.86. The number of carbonyl (C=O) groups excluding carboxylic acids is 2. The van der Waals surface area contributed by atoms with Gasteiger partial charge in [0.1, 0.15) is 35.4 Å². The van der Waals surface area contributed by atoms with Crippen molar-refractivity contribution in [3.63, 3.8) is 0 Å². The van der Waals surface area contributed by atoms with E-state index in [9.17, 15) is 24.9 Å². The second kappa shape index (κ2) is 13.8. The van der Waals surface area contributed by atoms with Crippen LogP contribution in [0.25, 0.3) is 0 Å². The van der Waals surface area contributed by atoms with Crippen molar-refractivity contribution in [1.29, 1.82) is 0 Å². The smallest absolute Gasteiger partial charge is 0.408 e. The lowest BCUT2D eigenvalue weighted by molar-refractivity contribution is -0.174. The van der Waals surface area contributed by atoms with Crippen LogP contribution in [-0.4, -0.2) is 80.6 Å². The van der Waals surface area contributed by atoms with E-state index in [1.165, 1.54) is 18.2 Å². The van der Waals surface area contributed by atoms with E-state index in [4.69, 9.17) is 9.47 Å². The number of aliphatic hydroxyl groups excluding tert-OH is 3. The fourth-order valence-electron chi connectivity index (χ4n) is 4.68. The highest BCUT2D eigenvalue weighted by Crippen LogP contribution is 2.36. The van der Waals surface area contributed by atoms with Gasteiger partial charge in [-0.3, -0.25) is 4.79 Å². The highest BCUT2D eigenvalue weighted by Gasteiger charge is 2.46. The summed E-state index contributed by atoms with van der Waals surface area (Å²) in [4.78, 5) is 26.0. The molecule has 1 saturated heterocycles. The SMILES string of the molecule is CC(C)(C)OC(=O)N[C@@H](CCc1ccccc1)C(=O)N[C@@H]1[C@@H](O)[C@H](O)[C@@H](CO)O[C@@H]1SC1CCCCC1. The van der Waals surface area contributed by atoms with Crippen LogP contribution in [-0.2, 0) is 20.7 Å². The average molecular weight is 539 g/mol. The van der Waals surface area contributed by atoms with Gasteiger partial charge in [-0.25, -0.2) is 4.79 Å². The topological polar surface area (TPSA) is 137 Å². The lowest BCUT2D eigenvalue weighted by Crippen LogP contribution is -2.65.